The Hall–Kier alpha value is -2.66. The predicted molar refractivity (Wildman–Crippen MR) is 72.3 cm³/mol. The molecule has 5 N–H and O–H groups in total. The highest BCUT2D eigenvalue weighted by Crippen LogP contribution is 2.38. The van der Waals surface area contributed by atoms with Crippen LogP contribution in [0.15, 0.2) is 16.2 Å². The molecule has 3 rings (SSSR count). The Morgan fingerprint density at radius 3 is 3.18 bits per heavy atom. The summed E-state index contributed by atoms with van der Waals surface area (Å²) in [7, 11) is 0. The summed E-state index contributed by atoms with van der Waals surface area (Å²) in [5.41, 5.74) is 12.0. The highest BCUT2D eigenvalue weighted by Gasteiger charge is 2.48. The summed E-state index contributed by atoms with van der Waals surface area (Å²) in [6, 6.07) is 0. The van der Waals surface area contributed by atoms with Crippen molar-refractivity contribution in [3.8, 4) is 0 Å². The summed E-state index contributed by atoms with van der Waals surface area (Å²) in [6.45, 7) is -0.697. The zero-order chi connectivity index (χ0) is 15.9. The first-order valence-electron chi connectivity index (χ1n) is 6.26. The molecule has 0 aromatic carbocycles. The maximum atomic E-state index is 11.7. The van der Waals surface area contributed by atoms with E-state index < -0.39 is 30.2 Å². The molecular formula is C10H12N8O4. The minimum atomic E-state index is -1.79. The molecule has 1 aliphatic rings. The Morgan fingerprint density at radius 2 is 2.50 bits per heavy atom. The van der Waals surface area contributed by atoms with Crippen LogP contribution in [-0.4, -0.2) is 48.2 Å². The molecule has 2 aromatic heterocycles. The van der Waals surface area contributed by atoms with Crippen LogP contribution in [0.5, 0.6) is 0 Å². The number of aromatic nitrogens is 4. The molecule has 0 spiro atoms. The fourth-order valence-corrected chi connectivity index (χ4v) is 2.40. The van der Waals surface area contributed by atoms with Gasteiger partial charge in [-0.25, -0.2) is 4.98 Å². The number of nitrogens with zero attached hydrogens (tertiary/aromatic N) is 6. The third kappa shape index (κ3) is 1.98. The van der Waals surface area contributed by atoms with Gasteiger partial charge in [-0.15, -0.1) is 0 Å². The Morgan fingerprint density at radius 1 is 1.73 bits per heavy atom. The second kappa shape index (κ2) is 4.96. The first kappa shape index (κ1) is 14.3. The molecule has 3 atom stereocenters. The average Bonchev–Trinajstić information content (AvgIpc) is 3.02. The molecule has 1 aliphatic heterocycles. The summed E-state index contributed by atoms with van der Waals surface area (Å²) < 4.78 is 6.88. The van der Waals surface area contributed by atoms with Gasteiger partial charge in [0.05, 0.1) is 19.0 Å². The van der Waals surface area contributed by atoms with Crippen LogP contribution in [0.4, 0.5) is 5.95 Å². The Balaban J connectivity index is 2.07. The number of azide groups is 1. The summed E-state index contributed by atoms with van der Waals surface area (Å²) in [6.07, 6.45) is -0.742. The van der Waals surface area contributed by atoms with Gasteiger partial charge in [0.25, 0.3) is 5.56 Å². The van der Waals surface area contributed by atoms with E-state index in [-0.39, 0.29) is 23.5 Å². The van der Waals surface area contributed by atoms with Crippen molar-refractivity contribution in [2.45, 2.75) is 24.5 Å². The van der Waals surface area contributed by atoms with Gasteiger partial charge in [-0.2, -0.15) is 4.98 Å². The second-order valence-electron chi connectivity index (χ2n) is 4.79. The Kier molecular flexibility index (Phi) is 3.22. The molecule has 3 heterocycles. The second-order valence-corrected chi connectivity index (χ2v) is 4.79. The van der Waals surface area contributed by atoms with Gasteiger partial charge in [-0.05, 0) is 5.53 Å². The molecule has 0 aliphatic carbocycles. The normalized spacial score (nSPS) is 27.9. The fourth-order valence-electron chi connectivity index (χ4n) is 2.40. The quantitative estimate of drug-likeness (QED) is 0.317. The highest BCUT2D eigenvalue weighted by atomic mass is 16.6. The van der Waals surface area contributed by atoms with Crippen molar-refractivity contribution in [1.29, 1.82) is 0 Å². The van der Waals surface area contributed by atoms with E-state index in [2.05, 4.69) is 25.0 Å². The van der Waals surface area contributed by atoms with Crippen LogP contribution in [0.25, 0.3) is 21.6 Å². The number of fused-ring (bicyclic) bond motifs is 1. The number of hydrogen-bond acceptors (Lipinski definition) is 8. The molecule has 0 saturated carbocycles. The molecule has 1 fully saturated rings. The van der Waals surface area contributed by atoms with Crippen LogP contribution in [0.2, 0.25) is 0 Å². The molecule has 0 amide bonds. The van der Waals surface area contributed by atoms with Crippen LogP contribution in [0.3, 0.4) is 0 Å². The zero-order valence-corrected chi connectivity index (χ0v) is 11.1. The summed E-state index contributed by atoms with van der Waals surface area (Å²) >= 11 is 0. The number of nitrogen functional groups attached to an aromatic ring is 1. The van der Waals surface area contributed by atoms with Crippen LogP contribution in [0, 0.1) is 0 Å². The average molecular weight is 308 g/mol. The minimum Gasteiger partial charge on any atom is -0.393 e. The SMILES string of the molecule is [N-]=[N+]=NC1(CO)OC(n2cnc3c(=O)[nH]c(N)nc32)CC1O. The largest absolute Gasteiger partial charge is 0.393 e. The lowest BCUT2D eigenvalue weighted by atomic mass is 10.1. The molecular weight excluding hydrogens is 296 g/mol. The van der Waals surface area contributed by atoms with Gasteiger partial charge >= 0.3 is 0 Å². The lowest BCUT2D eigenvalue weighted by Crippen LogP contribution is -2.40. The Bertz CT molecular complexity index is 824. The first-order chi connectivity index (χ1) is 10.5. The molecule has 2 aromatic rings. The molecule has 12 heteroatoms. The molecule has 0 bridgehead atoms. The number of ether oxygens (including phenoxy) is 1. The van der Waals surface area contributed by atoms with Gasteiger partial charge in [-0.3, -0.25) is 14.3 Å². The lowest BCUT2D eigenvalue weighted by molar-refractivity contribution is -0.122. The standard InChI is InChI=1S/C10H12N8O4/c11-9-14-7-6(8(21)15-9)13-3-18(7)5-1-4(20)10(2-19,22-5)16-17-12/h3-5,19-20H,1-2H2,(H3,11,14,15,21). The van der Waals surface area contributed by atoms with Crippen molar-refractivity contribution >= 4 is 17.1 Å². The van der Waals surface area contributed by atoms with E-state index in [4.69, 9.17) is 16.0 Å². The summed E-state index contributed by atoms with van der Waals surface area (Å²) in [5.74, 6) is -0.0961. The molecule has 12 nitrogen and oxygen atoms in total. The van der Waals surface area contributed by atoms with Crippen LogP contribution in [-0.2, 0) is 4.74 Å². The van der Waals surface area contributed by atoms with Crippen LogP contribution < -0.4 is 11.3 Å². The highest BCUT2D eigenvalue weighted by molar-refractivity contribution is 5.70. The summed E-state index contributed by atoms with van der Waals surface area (Å²) in [4.78, 5) is 24.5. The number of hydrogen-bond donors (Lipinski definition) is 4. The third-order valence-corrected chi connectivity index (χ3v) is 3.49. The van der Waals surface area contributed by atoms with E-state index in [0.29, 0.717) is 0 Å². The molecule has 3 unspecified atom stereocenters. The van der Waals surface area contributed by atoms with Gasteiger partial charge in [0.2, 0.25) is 5.95 Å². The number of aliphatic hydroxyl groups excluding tert-OH is 2. The van der Waals surface area contributed by atoms with Crippen molar-refractivity contribution in [2.75, 3.05) is 12.3 Å². The van der Waals surface area contributed by atoms with E-state index in [1.165, 1.54) is 10.9 Å². The number of aliphatic hydroxyl groups is 2. The van der Waals surface area contributed by atoms with Gasteiger partial charge < -0.3 is 20.7 Å². The fraction of sp³-hybridized carbons (Fsp3) is 0.500. The molecule has 116 valence electrons. The van der Waals surface area contributed by atoms with Gasteiger partial charge in [0.15, 0.2) is 16.9 Å². The number of rotatable bonds is 3. The topological polar surface area (TPSA) is 188 Å². The van der Waals surface area contributed by atoms with Gasteiger partial charge in [0.1, 0.15) is 6.23 Å². The zero-order valence-electron chi connectivity index (χ0n) is 11.1. The van der Waals surface area contributed by atoms with Crippen molar-refractivity contribution < 1.29 is 14.9 Å². The van der Waals surface area contributed by atoms with Crippen molar-refractivity contribution in [2.24, 2.45) is 5.11 Å². The van der Waals surface area contributed by atoms with Crippen LogP contribution in [0.1, 0.15) is 12.6 Å². The van der Waals surface area contributed by atoms with E-state index in [1.54, 1.807) is 0 Å². The number of aromatic amines is 1. The number of H-pyrrole nitrogens is 1. The number of imidazole rings is 1. The first-order valence-corrected chi connectivity index (χ1v) is 6.26. The number of nitrogens with one attached hydrogen (secondary N) is 1. The maximum absolute atomic E-state index is 11.7. The smallest absolute Gasteiger partial charge is 0.280 e. The van der Waals surface area contributed by atoms with Crippen molar-refractivity contribution in [3.05, 3.63) is 27.1 Å². The molecule has 0 radical (unpaired) electrons. The number of anilines is 1. The Labute approximate surface area is 121 Å². The predicted octanol–water partition coefficient (Wildman–Crippen LogP) is -1.02. The van der Waals surface area contributed by atoms with Crippen molar-refractivity contribution in [3.63, 3.8) is 0 Å². The van der Waals surface area contributed by atoms with E-state index in [0.717, 1.165) is 0 Å². The molecule has 22 heavy (non-hydrogen) atoms. The van der Waals surface area contributed by atoms with Crippen molar-refractivity contribution in [1.82, 2.24) is 19.5 Å². The van der Waals surface area contributed by atoms with E-state index >= 15 is 0 Å². The van der Waals surface area contributed by atoms with E-state index in [9.17, 15) is 15.0 Å². The van der Waals surface area contributed by atoms with Gasteiger partial charge in [-0.1, -0.05) is 5.11 Å². The molecule has 1 saturated heterocycles. The third-order valence-electron chi connectivity index (χ3n) is 3.49. The summed E-state index contributed by atoms with van der Waals surface area (Å²) in [5, 5.41) is 22.7. The monoisotopic (exact) mass is 308 g/mol. The number of nitrogens with two attached hydrogens (primary N) is 1. The minimum absolute atomic E-state index is 0.0133. The lowest BCUT2D eigenvalue weighted by Gasteiger charge is -2.24. The van der Waals surface area contributed by atoms with Gasteiger partial charge in [0, 0.05) is 11.3 Å². The van der Waals surface area contributed by atoms with E-state index in [1.807, 2.05) is 0 Å². The maximum Gasteiger partial charge on any atom is 0.280 e. The van der Waals surface area contributed by atoms with Crippen LogP contribution >= 0.6 is 0 Å².